The number of nitrogens with two attached hydrogens (primary N) is 1. The summed E-state index contributed by atoms with van der Waals surface area (Å²) in [5.74, 6) is 0.170. The maximum atomic E-state index is 12.6. The van der Waals surface area contributed by atoms with Gasteiger partial charge in [0.2, 0.25) is 0 Å². The van der Waals surface area contributed by atoms with E-state index < -0.39 is 19.4 Å². The highest BCUT2D eigenvalue weighted by Crippen LogP contribution is 2.50. The van der Waals surface area contributed by atoms with Crippen LogP contribution in [0.5, 0.6) is 0 Å². The molecule has 1 unspecified atom stereocenters. The van der Waals surface area contributed by atoms with Gasteiger partial charge in [0.1, 0.15) is 18.3 Å². The van der Waals surface area contributed by atoms with E-state index in [0.717, 1.165) is 13.0 Å². The maximum absolute atomic E-state index is 12.6. The van der Waals surface area contributed by atoms with Crippen molar-refractivity contribution in [2.45, 2.75) is 116 Å². The molecule has 1 fully saturated rings. The Morgan fingerprint density at radius 2 is 1.54 bits per heavy atom. The summed E-state index contributed by atoms with van der Waals surface area (Å²) >= 11 is 0. The smallest absolute Gasteiger partial charge is 0.356 e. The topological polar surface area (TPSA) is 115 Å². The van der Waals surface area contributed by atoms with Gasteiger partial charge < -0.3 is 24.3 Å². The largest absolute Gasteiger partial charge is 0.383 e. The molecule has 1 aliphatic rings. The maximum Gasteiger partial charge on any atom is 0.356 e. The molecule has 1 saturated heterocycles. The van der Waals surface area contributed by atoms with E-state index in [9.17, 15) is 9.36 Å². The molecule has 2 atom stereocenters. The summed E-state index contributed by atoms with van der Waals surface area (Å²) in [5, 5.41) is 0. The van der Waals surface area contributed by atoms with Crippen molar-refractivity contribution >= 4 is 13.4 Å². The molecule has 2 N–H and O–H groups in total. The molecule has 0 bridgehead atoms. The first-order valence-corrected chi connectivity index (χ1v) is 16.2. The number of hydrogen-bond acceptors (Lipinski definition) is 8. The Kier molecular flexibility index (Phi) is 17.1. The summed E-state index contributed by atoms with van der Waals surface area (Å²) in [6, 6.07) is 1.54. The number of hydrogen-bond donors (Lipinski definition) is 1. The van der Waals surface area contributed by atoms with E-state index in [-0.39, 0.29) is 25.3 Å². The lowest BCUT2D eigenvalue weighted by Crippen LogP contribution is -2.35. The minimum absolute atomic E-state index is 0.0870. The lowest BCUT2D eigenvalue weighted by molar-refractivity contribution is -0.0154. The van der Waals surface area contributed by atoms with Gasteiger partial charge in [-0.25, -0.2) is 4.79 Å². The molecule has 1 aromatic rings. The van der Waals surface area contributed by atoms with Gasteiger partial charge in [-0.2, -0.15) is 4.98 Å². The van der Waals surface area contributed by atoms with Crippen molar-refractivity contribution in [2.24, 2.45) is 0 Å². The molecule has 0 saturated carbocycles. The summed E-state index contributed by atoms with van der Waals surface area (Å²) in [5.41, 5.74) is 5.04. The van der Waals surface area contributed by atoms with Crippen molar-refractivity contribution < 1.29 is 23.1 Å². The number of nitrogens with zero attached hydrogens (tertiary/aromatic N) is 2. The number of unbranched alkanes of at least 4 members (excludes halogenated alkanes) is 13. The molecular formula is C27H50N3O6P. The van der Waals surface area contributed by atoms with Crippen LogP contribution in [-0.2, 0) is 29.6 Å². The third kappa shape index (κ3) is 15.1. The fourth-order valence-electron chi connectivity index (χ4n) is 4.32. The normalized spacial score (nSPS) is 19.9. The molecule has 0 aliphatic carbocycles. The van der Waals surface area contributed by atoms with Gasteiger partial charge >= 0.3 is 13.3 Å². The zero-order valence-corrected chi connectivity index (χ0v) is 23.8. The first kappa shape index (κ1) is 32.0. The van der Waals surface area contributed by atoms with E-state index in [0.29, 0.717) is 19.6 Å². The average Bonchev–Trinajstić information content (AvgIpc) is 2.88. The van der Waals surface area contributed by atoms with Gasteiger partial charge in [-0.3, -0.25) is 9.13 Å². The van der Waals surface area contributed by atoms with E-state index in [1.54, 1.807) is 12.3 Å². The molecule has 1 aliphatic heterocycles. The van der Waals surface area contributed by atoms with Gasteiger partial charge in [0.05, 0.1) is 19.8 Å². The molecule has 1 aromatic heterocycles. The second-order valence-corrected chi connectivity index (χ2v) is 12.0. The van der Waals surface area contributed by atoms with Crippen molar-refractivity contribution in [2.75, 3.05) is 38.5 Å². The van der Waals surface area contributed by atoms with E-state index in [1.807, 2.05) is 0 Å². The van der Waals surface area contributed by atoms with E-state index in [1.165, 1.54) is 88.0 Å². The molecule has 0 aromatic carbocycles. The highest BCUT2D eigenvalue weighted by atomic mass is 31.2. The van der Waals surface area contributed by atoms with Gasteiger partial charge in [-0.05, 0) is 18.9 Å². The van der Waals surface area contributed by atoms with Gasteiger partial charge in [0.25, 0.3) is 0 Å². The highest BCUT2D eigenvalue weighted by Gasteiger charge is 2.33. The molecule has 2 heterocycles. The Morgan fingerprint density at radius 3 is 2.11 bits per heavy atom. The van der Waals surface area contributed by atoms with Crippen LogP contribution in [0.4, 0.5) is 5.82 Å². The summed E-state index contributed by atoms with van der Waals surface area (Å²) in [7, 11) is -3.27. The van der Waals surface area contributed by atoms with Crippen molar-refractivity contribution in [3.63, 3.8) is 0 Å². The first-order chi connectivity index (χ1) is 18.0. The average molecular weight is 544 g/mol. The fourth-order valence-corrected chi connectivity index (χ4v) is 5.74. The lowest BCUT2D eigenvalue weighted by Gasteiger charge is -2.29. The molecule has 9 nitrogen and oxygen atoms in total. The van der Waals surface area contributed by atoms with Crippen LogP contribution in [0.15, 0.2) is 17.1 Å². The van der Waals surface area contributed by atoms with Gasteiger partial charge in [0.15, 0.2) is 0 Å². The second kappa shape index (κ2) is 19.8. The summed E-state index contributed by atoms with van der Waals surface area (Å²) in [6.45, 7) is 4.24. The van der Waals surface area contributed by atoms with Crippen molar-refractivity contribution in [1.82, 2.24) is 9.55 Å². The van der Waals surface area contributed by atoms with Crippen molar-refractivity contribution in [3.8, 4) is 0 Å². The van der Waals surface area contributed by atoms with Crippen LogP contribution in [-0.4, -0.2) is 48.4 Å². The number of nitrogen functional groups attached to an aromatic ring is 1. The van der Waals surface area contributed by atoms with Crippen LogP contribution in [0, 0.1) is 0 Å². The fraction of sp³-hybridized carbons (Fsp3) is 0.852. The molecule has 0 radical (unpaired) electrons. The minimum atomic E-state index is -3.27. The Morgan fingerprint density at radius 1 is 0.946 bits per heavy atom. The molecular weight excluding hydrogens is 493 g/mol. The predicted octanol–water partition coefficient (Wildman–Crippen LogP) is 6.30. The van der Waals surface area contributed by atoms with Gasteiger partial charge in [-0.15, -0.1) is 0 Å². The van der Waals surface area contributed by atoms with Crippen molar-refractivity contribution in [3.05, 3.63) is 22.7 Å². The number of ether oxygens (including phenoxy) is 2. The lowest BCUT2D eigenvalue weighted by atomic mass is 10.0. The molecule has 0 amide bonds. The molecule has 214 valence electrons. The van der Waals surface area contributed by atoms with E-state index in [4.69, 9.17) is 24.3 Å². The molecule has 2 rings (SSSR count). The SMILES string of the molecule is CCCCCCCCCCCCCCCCOCCCOP1(=O)CO[C@@H](Cn2ccc(N)nc2=O)CO1. The second-order valence-electron chi connectivity index (χ2n) is 10.0. The quantitative estimate of drug-likeness (QED) is 0.134. The highest BCUT2D eigenvalue weighted by molar-refractivity contribution is 7.53. The number of rotatable bonds is 22. The minimum Gasteiger partial charge on any atom is -0.383 e. The summed E-state index contributed by atoms with van der Waals surface area (Å²) < 4.78 is 36.2. The number of anilines is 1. The van der Waals surface area contributed by atoms with E-state index in [2.05, 4.69) is 11.9 Å². The zero-order chi connectivity index (χ0) is 26.6. The van der Waals surface area contributed by atoms with Crippen LogP contribution < -0.4 is 11.4 Å². The Balaban J connectivity index is 1.35. The Labute approximate surface area is 223 Å². The molecule has 10 heteroatoms. The van der Waals surface area contributed by atoms with E-state index >= 15 is 0 Å². The summed E-state index contributed by atoms with van der Waals surface area (Å²) in [4.78, 5) is 15.5. The zero-order valence-electron chi connectivity index (χ0n) is 22.9. The Hall–Kier alpha value is -1.25. The predicted molar refractivity (Wildman–Crippen MR) is 148 cm³/mol. The van der Waals surface area contributed by atoms with Gasteiger partial charge in [0, 0.05) is 19.4 Å². The van der Waals surface area contributed by atoms with Crippen LogP contribution in [0.1, 0.15) is 103 Å². The van der Waals surface area contributed by atoms with Crippen LogP contribution >= 0.6 is 7.60 Å². The van der Waals surface area contributed by atoms with Crippen molar-refractivity contribution in [1.29, 1.82) is 0 Å². The number of aromatic nitrogens is 2. The molecule has 37 heavy (non-hydrogen) atoms. The van der Waals surface area contributed by atoms with Crippen LogP contribution in [0.2, 0.25) is 0 Å². The molecule has 0 spiro atoms. The third-order valence-corrected chi connectivity index (χ3v) is 8.17. The van der Waals surface area contributed by atoms with Crippen LogP contribution in [0.25, 0.3) is 0 Å². The standard InChI is InChI=1S/C27H50N3O6P/c1-2-3-4-5-6-7-8-9-10-11-12-13-14-15-19-33-20-16-21-35-37(32)24-34-25(23-36-37)22-30-18-17-26(28)29-27(30)31/h17-18,25H,2-16,19-24H2,1H3,(H2,28,29,31)/t25-,37?/m0/s1. The third-order valence-electron chi connectivity index (χ3n) is 6.58. The first-order valence-electron chi connectivity index (χ1n) is 14.4. The monoisotopic (exact) mass is 543 g/mol. The van der Waals surface area contributed by atoms with Gasteiger partial charge in [-0.1, -0.05) is 90.4 Å². The Bertz CT molecular complexity index is 810. The van der Waals surface area contributed by atoms with Crippen LogP contribution in [0.3, 0.4) is 0 Å². The summed E-state index contributed by atoms with van der Waals surface area (Å²) in [6.07, 6.45) is 20.5.